The van der Waals surface area contributed by atoms with Crippen molar-refractivity contribution in [1.29, 1.82) is 0 Å². The first-order valence-electron chi connectivity index (χ1n) is 5.60. The van der Waals surface area contributed by atoms with Gasteiger partial charge in [-0.3, -0.25) is 24.5 Å². The van der Waals surface area contributed by atoms with E-state index in [1.807, 2.05) is 0 Å². The Labute approximate surface area is 104 Å². The van der Waals surface area contributed by atoms with Crippen LogP contribution in [-0.4, -0.2) is 46.3 Å². The summed E-state index contributed by atoms with van der Waals surface area (Å²) in [6.07, 6.45) is 0.320. The van der Waals surface area contributed by atoms with Gasteiger partial charge in [0.05, 0.1) is 0 Å². The molecule has 1 unspecified atom stereocenters. The van der Waals surface area contributed by atoms with Crippen LogP contribution in [0.25, 0.3) is 0 Å². The second-order valence-corrected chi connectivity index (χ2v) is 4.70. The number of piperazine rings is 1. The number of hydrogen-bond acceptors (Lipinski definition) is 4. The molecule has 0 aromatic rings. The second kappa shape index (κ2) is 4.75. The van der Waals surface area contributed by atoms with Crippen molar-refractivity contribution >= 4 is 23.7 Å². The largest absolute Gasteiger partial charge is 0.480 e. The molecule has 0 bridgehead atoms. The number of rotatable bonds is 3. The molecule has 0 radical (unpaired) electrons. The summed E-state index contributed by atoms with van der Waals surface area (Å²) in [5.74, 6) is -3.19. The lowest BCUT2D eigenvalue weighted by atomic mass is 9.90. The Morgan fingerprint density at radius 2 is 2.00 bits per heavy atom. The third-order valence-corrected chi connectivity index (χ3v) is 2.97. The van der Waals surface area contributed by atoms with E-state index in [2.05, 4.69) is 5.32 Å². The first-order valence-corrected chi connectivity index (χ1v) is 5.60. The molecule has 100 valence electrons. The highest BCUT2D eigenvalue weighted by atomic mass is 16.4. The molecule has 0 spiro atoms. The van der Waals surface area contributed by atoms with Crippen LogP contribution in [0.1, 0.15) is 27.2 Å². The molecule has 0 aromatic carbocycles. The molecule has 1 heterocycles. The lowest BCUT2D eigenvalue weighted by Gasteiger charge is -2.36. The SMILES string of the molecule is CCC1C(=O)NC(=O)CN1C(=O)C(C)(C)C(=O)O. The normalized spacial score (nSPS) is 20.6. The molecule has 18 heavy (non-hydrogen) atoms. The lowest BCUT2D eigenvalue weighted by Crippen LogP contribution is -2.62. The summed E-state index contributed by atoms with van der Waals surface area (Å²) < 4.78 is 0. The number of nitrogens with zero attached hydrogens (tertiary/aromatic N) is 1. The maximum Gasteiger partial charge on any atom is 0.318 e. The Morgan fingerprint density at radius 3 is 2.44 bits per heavy atom. The van der Waals surface area contributed by atoms with Crippen LogP contribution in [0.5, 0.6) is 0 Å². The average molecular weight is 256 g/mol. The average Bonchev–Trinajstić information content (AvgIpc) is 2.26. The van der Waals surface area contributed by atoms with E-state index in [9.17, 15) is 19.2 Å². The van der Waals surface area contributed by atoms with Gasteiger partial charge in [0.2, 0.25) is 17.7 Å². The molecule has 1 aliphatic heterocycles. The summed E-state index contributed by atoms with van der Waals surface area (Å²) in [5, 5.41) is 11.1. The molecule has 0 aliphatic carbocycles. The van der Waals surface area contributed by atoms with Crippen LogP contribution in [0.2, 0.25) is 0 Å². The predicted octanol–water partition coefficient (Wildman–Crippen LogP) is -0.639. The summed E-state index contributed by atoms with van der Waals surface area (Å²) in [5.41, 5.74) is -1.66. The van der Waals surface area contributed by atoms with Crippen molar-refractivity contribution < 1.29 is 24.3 Å². The fraction of sp³-hybridized carbons (Fsp3) is 0.636. The summed E-state index contributed by atoms with van der Waals surface area (Å²) in [6, 6.07) is -0.797. The Morgan fingerprint density at radius 1 is 1.44 bits per heavy atom. The maximum atomic E-state index is 12.1. The zero-order valence-corrected chi connectivity index (χ0v) is 10.5. The molecular weight excluding hydrogens is 240 g/mol. The van der Waals surface area contributed by atoms with Crippen molar-refractivity contribution in [2.24, 2.45) is 5.41 Å². The van der Waals surface area contributed by atoms with Gasteiger partial charge in [-0.2, -0.15) is 0 Å². The van der Waals surface area contributed by atoms with Gasteiger partial charge in [-0.15, -0.1) is 0 Å². The Bertz CT molecular complexity index is 416. The van der Waals surface area contributed by atoms with Gasteiger partial charge in [-0.25, -0.2) is 0 Å². The second-order valence-electron chi connectivity index (χ2n) is 4.70. The van der Waals surface area contributed by atoms with Crippen LogP contribution in [0.4, 0.5) is 0 Å². The Hall–Kier alpha value is -1.92. The van der Waals surface area contributed by atoms with Crippen molar-refractivity contribution in [3.8, 4) is 0 Å². The van der Waals surface area contributed by atoms with Crippen LogP contribution in [0, 0.1) is 5.41 Å². The topological polar surface area (TPSA) is 104 Å². The summed E-state index contributed by atoms with van der Waals surface area (Å²) in [4.78, 5) is 47.0. The number of imide groups is 1. The van der Waals surface area contributed by atoms with E-state index in [4.69, 9.17) is 5.11 Å². The van der Waals surface area contributed by atoms with Crippen molar-refractivity contribution in [2.75, 3.05) is 6.54 Å². The van der Waals surface area contributed by atoms with Gasteiger partial charge in [0, 0.05) is 0 Å². The Kier molecular flexibility index (Phi) is 3.73. The minimum absolute atomic E-state index is 0.292. The van der Waals surface area contributed by atoms with Crippen molar-refractivity contribution in [3.63, 3.8) is 0 Å². The van der Waals surface area contributed by atoms with Gasteiger partial charge >= 0.3 is 5.97 Å². The first kappa shape index (κ1) is 14.1. The van der Waals surface area contributed by atoms with Gasteiger partial charge in [-0.1, -0.05) is 6.92 Å². The van der Waals surface area contributed by atoms with E-state index in [0.717, 1.165) is 4.90 Å². The highest BCUT2D eigenvalue weighted by molar-refractivity contribution is 6.08. The van der Waals surface area contributed by atoms with Crippen LogP contribution in [0.15, 0.2) is 0 Å². The molecule has 1 fully saturated rings. The minimum atomic E-state index is -1.66. The number of carbonyl (C=O) groups is 4. The van der Waals surface area contributed by atoms with E-state index in [1.54, 1.807) is 6.92 Å². The molecule has 3 amide bonds. The molecular formula is C11H16N2O5. The van der Waals surface area contributed by atoms with Crippen molar-refractivity contribution in [2.45, 2.75) is 33.2 Å². The first-order chi connectivity index (χ1) is 8.21. The van der Waals surface area contributed by atoms with Gasteiger partial charge in [0.15, 0.2) is 0 Å². The fourth-order valence-corrected chi connectivity index (χ4v) is 1.74. The standard InChI is InChI=1S/C11H16N2O5/c1-4-6-8(15)12-7(14)5-13(6)9(16)11(2,3)10(17)18/h6H,4-5H2,1-3H3,(H,17,18)(H,12,14,15). The Balaban J connectivity index is 3.05. The van der Waals surface area contributed by atoms with E-state index in [0.29, 0.717) is 6.42 Å². The third kappa shape index (κ3) is 2.34. The molecule has 7 nitrogen and oxygen atoms in total. The fourth-order valence-electron chi connectivity index (χ4n) is 1.74. The number of nitrogens with one attached hydrogen (secondary N) is 1. The molecule has 1 rings (SSSR count). The number of hydrogen-bond donors (Lipinski definition) is 2. The maximum absolute atomic E-state index is 12.1. The van der Waals surface area contributed by atoms with Gasteiger partial charge in [-0.05, 0) is 20.3 Å². The van der Waals surface area contributed by atoms with Gasteiger partial charge in [0.1, 0.15) is 18.0 Å². The number of carboxylic acids is 1. The van der Waals surface area contributed by atoms with Gasteiger partial charge in [0.25, 0.3) is 0 Å². The predicted molar refractivity (Wildman–Crippen MR) is 60.4 cm³/mol. The lowest BCUT2D eigenvalue weighted by molar-refractivity contribution is -0.164. The molecule has 0 aromatic heterocycles. The van der Waals surface area contributed by atoms with Crippen LogP contribution in [-0.2, 0) is 19.2 Å². The summed E-state index contributed by atoms with van der Waals surface area (Å²) in [6.45, 7) is 3.90. The van der Waals surface area contributed by atoms with E-state index < -0.39 is 35.1 Å². The van der Waals surface area contributed by atoms with E-state index >= 15 is 0 Å². The summed E-state index contributed by atoms with van der Waals surface area (Å²) >= 11 is 0. The molecule has 0 saturated carbocycles. The monoisotopic (exact) mass is 256 g/mol. The van der Waals surface area contributed by atoms with Crippen LogP contribution >= 0.6 is 0 Å². The zero-order chi connectivity index (χ0) is 14.1. The molecule has 1 atom stereocenters. The van der Waals surface area contributed by atoms with E-state index in [1.165, 1.54) is 13.8 Å². The van der Waals surface area contributed by atoms with E-state index in [-0.39, 0.29) is 6.54 Å². The number of aliphatic carboxylic acids is 1. The summed E-state index contributed by atoms with van der Waals surface area (Å²) in [7, 11) is 0. The number of carbonyl (C=O) groups excluding carboxylic acids is 3. The quantitative estimate of drug-likeness (QED) is 0.516. The molecule has 1 saturated heterocycles. The number of amides is 3. The van der Waals surface area contributed by atoms with Gasteiger partial charge < -0.3 is 10.0 Å². The zero-order valence-electron chi connectivity index (χ0n) is 10.5. The highest BCUT2D eigenvalue weighted by Crippen LogP contribution is 2.22. The molecule has 2 N–H and O–H groups in total. The van der Waals surface area contributed by atoms with Crippen molar-refractivity contribution in [1.82, 2.24) is 10.2 Å². The minimum Gasteiger partial charge on any atom is -0.480 e. The molecule has 7 heteroatoms. The van der Waals surface area contributed by atoms with Crippen LogP contribution < -0.4 is 5.32 Å². The van der Waals surface area contributed by atoms with Crippen molar-refractivity contribution in [3.05, 3.63) is 0 Å². The molecule has 1 aliphatic rings. The third-order valence-electron chi connectivity index (χ3n) is 2.97. The number of carboxylic acid groups (broad SMARTS) is 1. The smallest absolute Gasteiger partial charge is 0.318 e. The highest BCUT2D eigenvalue weighted by Gasteiger charge is 2.45. The van der Waals surface area contributed by atoms with Crippen LogP contribution in [0.3, 0.4) is 0 Å².